The predicted molar refractivity (Wildman–Crippen MR) is 65.2 cm³/mol. The Bertz CT molecular complexity index is 593. The van der Waals surface area contributed by atoms with Crippen molar-refractivity contribution in [2.24, 2.45) is 0 Å². The van der Waals surface area contributed by atoms with Gasteiger partial charge in [0, 0.05) is 5.56 Å². The number of benzene rings is 2. The van der Waals surface area contributed by atoms with Crippen molar-refractivity contribution in [1.29, 1.82) is 0 Å². The number of ether oxygens (including phenoxy) is 2. The number of halogens is 5. The number of para-hydroxylation sites is 1. The summed E-state index contributed by atoms with van der Waals surface area (Å²) in [5.74, 6) is -0.449. The Labute approximate surface area is 116 Å². The number of alkyl halides is 5. The van der Waals surface area contributed by atoms with Gasteiger partial charge in [-0.3, -0.25) is 0 Å². The first-order chi connectivity index (χ1) is 9.85. The summed E-state index contributed by atoms with van der Waals surface area (Å²) >= 11 is 0. The van der Waals surface area contributed by atoms with Crippen LogP contribution in [0.25, 0.3) is 11.1 Å². The first-order valence-corrected chi connectivity index (χ1v) is 5.75. The number of rotatable bonds is 4. The highest BCUT2D eigenvalue weighted by molar-refractivity contribution is 5.70. The van der Waals surface area contributed by atoms with Gasteiger partial charge in [0.25, 0.3) is 0 Å². The zero-order valence-electron chi connectivity index (χ0n) is 10.4. The Morgan fingerprint density at radius 2 is 1.48 bits per heavy atom. The summed E-state index contributed by atoms with van der Waals surface area (Å²) in [6.07, 6.45) is -4.81. The highest BCUT2D eigenvalue weighted by Gasteiger charge is 2.32. The molecule has 0 aliphatic rings. The lowest BCUT2D eigenvalue weighted by atomic mass is 10.0. The van der Waals surface area contributed by atoms with Crippen molar-refractivity contribution in [3.8, 4) is 22.6 Å². The topological polar surface area (TPSA) is 18.5 Å². The van der Waals surface area contributed by atoms with E-state index in [2.05, 4.69) is 9.47 Å². The van der Waals surface area contributed by atoms with Crippen LogP contribution in [0.5, 0.6) is 11.5 Å². The maximum atomic E-state index is 12.3. The molecule has 0 aromatic heterocycles. The molecule has 0 unspecified atom stereocenters. The first kappa shape index (κ1) is 15.1. The van der Waals surface area contributed by atoms with Crippen LogP contribution in [0.3, 0.4) is 0 Å². The van der Waals surface area contributed by atoms with Crippen LogP contribution in [0.2, 0.25) is 0 Å². The maximum absolute atomic E-state index is 12.3. The molecule has 2 aromatic carbocycles. The fourth-order valence-corrected chi connectivity index (χ4v) is 1.73. The highest BCUT2D eigenvalue weighted by atomic mass is 19.4. The summed E-state index contributed by atoms with van der Waals surface area (Å²) in [5, 5.41) is 0. The summed E-state index contributed by atoms with van der Waals surface area (Å²) in [6.45, 7) is -2.96. The summed E-state index contributed by atoms with van der Waals surface area (Å²) in [6, 6.07) is 10.8. The van der Waals surface area contributed by atoms with Crippen molar-refractivity contribution in [2.75, 3.05) is 0 Å². The smallest absolute Gasteiger partial charge is 0.435 e. The van der Waals surface area contributed by atoms with Gasteiger partial charge < -0.3 is 9.47 Å². The van der Waals surface area contributed by atoms with Gasteiger partial charge in [-0.1, -0.05) is 30.3 Å². The summed E-state index contributed by atoms with van der Waals surface area (Å²) in [7, 11) is 0. The molecule has 0 heterocycles. The largest absolute Gasteiger partial charge is 0.573 e. The standard InChI is InChI=1S/C14H9F5O2/c15-13(16)20-10-7-5-9(6-8-10)11-3-1-2-4-12(11)21-14(17,18)19/h1-8,13H. The molecule has 2 rings (SSSR count). The fourth-order valence-electron chi connectivity index (χ4n) is 1.73. The molecule has 7 heteroatoms. The normalized spacial score (nSPS) is 11.5. The van der Waals surface area contributed by atoms with Crippen molar-refractivity contribution >= 4 is 0 Å². The van der Waals surface area contributed by atoms with E-state index >= 15 is 0 Å². The van der Waals surface area contributed by atoms with E-state index in [4.69, 9.17) is 0 Å². The lowest BCUT2D eigenvalue weighted by Gasteiger charge is -2.13. The summed E-state index contributed by atoms with van der Waals surface area (Å²) in [5.41, 5.74) is 0.579. The second-order valence-electron chi connectivity index (χ2n) is 3.95. The summed E-state index contributed by atoms with van der Waals surface area (Å²) < 4.78 is 69.1. The third-order valence-electron chi connectivity index (χ3n) is 2.50. The van der Waals surface area contributed by atoms with Crippen LogP contribution in [-0.2, 0) is 0 Å². The fraction of sp³-hybridized carbons (Fsp3) is 0.143. The molecule has 112 valence electrons. The molecule has 0 N–H and O–H groups in total. The van der Waals surface area contributed by atoms with Gasteiger partial charge in [0.2, 0.25) is 0 Å². The van der Waals surface area contributed by atoms with Gasteiger partial charge in [-0.2, -0.15) is 8.78 Å². The zero-order chi connectivity index (χ0) is 15.5. The first-order valence-electron chi connectivity index (χ1n) is 5.75. The van der Waals surface area contributed by atoms with Gasteiger partial charge in [0.05, 0.1) is 0 Å². The van der Waals surface area contributed by atoms with Crippen LogP contribution >= 0.6 is 0 Å². The number of hydrogen-bond acceptors (Lipinski definition) is 2. The van der Waals surface area contributed by atoms with Crippen LogP contribution < -0.4 is 9.47 Å². The van der Waals surface area contributed by atoms with Crippen LogP contribution in [0.4, 0.5) is 22.0 Å². The van der Waals surface area contributed by atoms with Gasteiger partial charge in [0.15, 0.2) is 0 Å². The van der Waals surface area contributed by atoms with Gasteiger partial charge in [-0.25, -0.2) is 0 Å². The molecule has 2 nitrogen and oxygen atoms in total. The van der Waals surface area contributed by atoms with Gasteiger partial charge in [-0.15, -0.1) is 13.2 Å². The van der Waals surface area contributed by atoms with Crippen molar-refractivity contribution in [3.63, 3.8) is 0 Å². The van der Waals surface area contributed by atoms with Crippen LogP contribution in [0.1, 0.15) is 0 Å². The van der Waals surface area contributed by atoms with Crippen molar-refractivity contribution in [1.82, 2.24) is 0 Å². The van der Waals surface area contributed by atoms with E-state index in [-0.39, 0.29) is 17.1 Å². The third kappa shape index (κ3) is 4.34. The predicted octanol–water partition coefficient (Wildman–Crippen LogP) is 4.85. The molecule has 0 aliphatic carbocycles. The molecule has 21 heavy (non-hydrogen) atoms. The molecule has 0 fully saturated rings. The molecule has 2 aromatic rings. The Morgan fingerprint density at radius 3 is 2.05 bits per heavy atom. The third-order valence-corrected chi connectivity index (χ3v) is 2.50. The highest BCUT2D eigenvalue weighted by Crippen LogP contribution is 2.34. The van der Waals surface area contributed by atoms with E-state index in [0.717, 1.165) is 0 Å². The Hall–Kier alpha value is -2.31. The zero-order valence-corrected chi connectivity index (χ0v) is 10.4. The average Bonchev–Trinajstić information content (AvgIpc) is 2.38. The second-order valence-corrected chi connectivity index (χ2v) is 3.95. The SMILES string of the molecule is FC(F)Oc1ccc(-c2ccccc2OC(F)(F)F)cc1. The minimum atomic E-state index is -4.81. The quantitative estimate of drug-likeness (QED) is 0.751. The molecular weight excluding hydrogens is 295 g/mol. The Morgan fingerprint density at radius 1 is 0.857 bits per heavy atom. The van der Waals surface area contributed by atoms with Crippen LogP contribution in [-0.4, -0.2) is 13.0 Å². The molecular formula is C14H9F5O2. The maximum Gasteiger partial charge on any atom is 0.573 e. The van der Waals surface area contributed by atoms with Crippen molar-refractivity contribution in [3.05, 3.63) is 48.5 Å². The summed E-state index contributed by atoms with van der Waals surface area (Å²) in [4.78, 5) is 0. The van der Waals surface area contributed by atoms with E-state index in [0.29, 0.717) is 5.56 Å². The molecule has 0 atom stereocenters. The molecule has 0 spiro atoms. The minimum absolute atomic E-state index is 0.0806. The molecule has 0 aliphatic heterocycles. The molecule has 0 radical (unpaired) electrons. The van der Waals surface area contributed by atoms with E-state index in [1.54, 1.807) is 6.07 Å². The lowest BCUT2D eigenvalue weighted by molar-refractivity contribution is -0.274. The van der Waals surface area contributed by atoms with Crippen molar-refractivity contribution in [2.45, 2.75) is 13.0 Å². The minimum Gasteiger partial charge on any atom is -0.435 e. The molecule has 0 saturated carbocycles. The lowest BCUT2D eigenvalue weighted by Crippen LogP contribution is -2.17. The van der Waals surface area contributed by atoms with E-state index in [1.165, 1.54) is 42.5 Å². The van der Waals surface area contributed by atoms with Crippen molar-refractivity contribution < 1.29 is 31.4 Å². The Kier molecular flexibility index (Phi) is 4.30. The molecule has 0 bridgehead atoms. The van der Waals surface area contributed by atoms with Gasteiger partial charge in [-0.05, 0) is 23.8 Å². The van der Waals surface area contributed by atoms with Gasteiger partial charge >= 0.3 is 13.0 Å². The van der Waals surface area contributed by atoms with E-state index in [9.17, 15) is 22.0 Å². The van der Waals surface area contributed by atoms with Crippen LogP contribution in [0, 0.1) is 0 Å². The average molecular weight is 304 g/mol. The molecule has 0 saturated heterocycles. The van der Waals surface area contributed by atoms with E-state index < -0.39 is 13.0 Å². The Balaban J connectivity index is 2.29. The monoisotopic (exact) mass is 304 g/mol. The van der Waals surface area contributed by atoms with E-state index in [1.807, 2.05) is 0 Å². The molecule has 0 amide bonds. The van der Waals surface area contributed by atoms with Crippen LogP contribution in [0.15, 0.2) is 48.5 Å². The number of hydrogen-bond donors (Lipinski definition) is 0. The van der Waals surface area contributed by atoms with Gasteiger partial charge in [0.1, 0.15) is 11.5 Å². The second kappa shape index (κ2) is 5.99.